The second-order valence-corrected chi connectivity index (χ2v) is 8.81. The van der Waals surface area contributed by atoms with Crippen LogP contribution in [0.25, 0.3) is 5.78 Å². The number of hydrogen-bond acceptors (Lipinski definition) is 5. The number of hydrogen-bond donors (Lipinski definition) is 0. The molecule has 2 aliphatic rings. The monoisotopic (exact) mass is 440 g/mol. The van der Waals surface area contributed by atoms with E-state index >= 15 is 0 Å². The molecule has 3 unspecified atom stereocenters. The fourth-order valence-corrected chi connectivity index (χ4v) is 5.44. The Morgan fingerprint density at radius 3 is 2.75 bits per heavy atom. The van der Waals surface area contributed by atoms with Crippen LogP contribution < -0.4 is 0 Å². The van der Waals surface area contributed by atoms with Gasteiger partial charge in [-0.15, -0.1) is 0 Å². The Labute approximate surface area is 184 Å². The van der Waals surface area contributed by atoms with Crippen molar-refractivity contribution in [2.75, 3.05) is 0 Å². The molecular formula is C23H26F2N6O. The molecule has 7 nitrogen and oxygen atoms in total. The number of aromatic nitrogens is 5. The third-order valence-electron chi connectivity index (χ3n) is 6.72. The summed E-state index contributed by atoms with van der Waals surface area (Å²) in [6.07, 6.45) is 3.85. The number of piperidine rings is 1. The zero-order chi connectivity index (χ0) is 22.4. The number of fused-ring (bicyclic) bond motifs is 3. The molecule has 5 rings (SSSR count). The molecule has 0 saturated carbocycles. The molecule has 2 aliphatic heterocycles. The Balaban J connectivity index is 1.52. The molecule has 9 heteroatoms. The number of aryl methyl sites for hydroxylation is 2. The minimum atomic E-state index is -2.69. The number of carbonyl (C=O) groups is 1. The van der Waals surface area contributed by atoms with E-state index in [4.69, 9.17) is 0 Å². The summed E-state index contributed by atoms with van der Waals surface area (Å²) in [5.41, 5.74) is 2.78. The number of carbonyl (C=O) groups excluding carboxylic acids is 1. The number of amides is 1. The standard InChI is InChI=1S/C23H26F2N6O/c1-3-4-15-10-14(9-13(2)28-15)22(32)30-16-5-7-17(19(30)8-6-16)20-11-18(21(24)25)29-23-26-12-27-31(20)23/h9-12,16-17,19,21H,3-8H2,1-2H3. The predicted molar refractivity (Wildman–Crippen MR) is 114 cm³/mol. The van der Waals surface area contributed by atoms with Gasteiger partial charge in [-0.3, -0.25) is 9.78 Å². The molecule has 2 saturated heterocycles. The second-order valence-electron chi connectivity index (χ2n) is 8.81. The quantitative estimate of drug-likeness (QED) is 0.592. The summed E-state index contributed by atoms with van der Waals surface area (Å²) < 4.78 is 28.6. The van der Waals surface area contributed by atoms with Gasteiger partial charge in [0.2, 0.25) is 0 Å². The average Bonchev–Trinajstić information content (AvgIpc) is 3.35. The van der Waals surface area contributed by atoms with Gasteiger partial charge in [0.05, 0.1) is 5.69 Å². The summed E-state index contributed by atoms with van der Waals surface area (Å²) in [5, 5.41) is 4.23. The summed E-state index contributed by atoms with van der Waals surface area (Å²) in [4.78, 5) is 28.2. The lowest BCUT2D eigenvalue weighted by Crippen LogP contribution is -2.47. The highest BCUT2D eigenvalue weighted by Crippen LogP contribution is 2.45. The van der Waals surface area contributed by atoms with Crippen LogP contribution in [0.4, 0.5) is 8.78 Å². The molecule has 0 N–H and O–H groups in total. The smallest absolute Gasteiger partial charge is 0.280 e. The van der Waals surface area contributed by atoms with Crippen molar-refractivity contribution >= 4 is 11.7 Å². The molecule has 3 aromatic rings. The number of pyridine rings is 1. The van der Waals surface area contributed by atoms with E-state index in [0.29, 0.717) is 11.3 Å². The van der Waals surface area contributed by atoms with E-state index in [-0.39, 0.29) is 35.4 Å². The highest BCUT2D eigenvalue weighted by molar-refractivity contribution is 5.95. The van der Waals surface area contributed by atoms with Crippen LogP contribution >= 0.6 is 0 Å². The van der Waals surface area contributed by atoms with Crippen molar-refractivity contribution in [1.29, 1.82) is 0 Å². The summed E-state index contributed by atoms with van der Waals surface area (Å²) in [6.45, 7) is 4.00. The van der Waals surface area contributed by atoms with Crippen molar-refractivity contribution in [2.24, 2.45) is 0 Å². The Bertz CT molecular complexity index is 1160. The Morgan fingerprint density at radius 2 is 1.97 bits per heavy atom. The number of rotatable bonds is 5. The van der Waals surface area contributed by atoms with Gasteiger partial charge in [0.15, 0.2) is 0 Å². The third-order valence-corrected chi connectivity index (χ3v) is 6.72. The first-order valence-corrected chi connectivity index (χ1v) is 11.2. The van der Waals surface area contributed by atoms with Crippen LogP contribution in [0.15, 0.2) is 24.5 Å². The van der Waals surface area contributed by atoms with Gasteiger partial charge >= 0.3 is 0 Å². The average molecular weight is 440 g/mol. The van der Waals surface area contributed by atoms with E-state index in [9.17, 15) is 13.6 Å². The van der Waals surface area contributed by atoms with E-state index in [2.05, 4.69) is 27.0 Å². The maximum atomic E-state index is 13.7. The Kier molecular flexibility index (Phi) is 5.35. The molecule has 5 heterocycles. The summed E-state index contributed by atoms with van der Waals surface area (Å²) in [7, 11) is 0. The molecular weight excluding hydrogens is 414 g/mol. The Hall–Kier alpha value is -2.97. The topological polar surface area (TPSA) is 76.3 Å². The fraction of sp³-hybridized carbons (Fsp3) is 0.522. The van der Waals surface area contributed by atoms with Crippen molar-refractivity contribution in [1.82, 2.24) is 29.5 Å². The first-order valence-electron chi connectivity index (χ1n) is 11.2. The molecule has 2 fully saturated rings. The van der Waals surface area contributed by atoms with Crippen molar-refractivity contribution in [3.05, 3.63) is 52.9 Å². The molecule has 2 bridgehead atoms. The molecule has 1 amide bonds. The van der Waals surface area contributed by atoms with Gasteiger partial charge in [0, 0.05) is 35.0 Å². The second kappa shape index (κ2) is 8.18. The molecule has 0 spiro atoms. The molecule has 0 aliphatic carbocycles. The highest BCUT2D eigenvalue weighted by Gasteiger charge is 2.46. The first-order chi connectivity index (χ1) is 15.5. The normalized spacial score (nSPS) is 22.8. The zero-order valence-electron chi connectivity index (χ0n) is 18.2. The van der Waals surface area contributed by atoms with Crippen LogP contribution in [0.3, 0.4) is 0 Å². The Morgan fingerprint density at radius 1 is 1.16 bits per heavy atom. The van der Waals surface area contributed by atoms with Crippen LogP contribution in [-0.4, -0.2) is 47.5 Å². The lowest BCUT2D eigenvalue weighted by atomic mass is 9.86. The zero-order valence-corrected chi connectivity index (χ0v) is 18.2. The molecule has 0 aromatic carbocycles. The summed E-state index contributed by atoms with van der Waals surface area (Å²) in [6, 6.07) is 5.30. The van der Waals surface area contributed by atoms with Gasteiger partial charge in [-0.05, 0) is 57.2 Å². The lowest BCUT2D eigenvalue weighted by molar-refractivity contribution is 0.0553. The van der Waals surface area contributed by atoms with E-state index in [1.54, 1.807) is 4.52 Å². The molecule has 168 valence electrons. The SMILES string of the molecule is CCCc1cc(C(=O)N2C3CCC(c4cc(C(F)F)nc5ncnn45)C2CC3)cc(C)n1. The summed E-state index contributed by atoms with van der Waals surface area (Å²) >= 11 is 0. The molecule has 32 heavy (non-hydrogen) atoms. The lowest BCUT2D eigenvalue weighted by Gasteiger charge is -2.40. The van der Waals surface area contributed by atoms with Crippen molar-refractivity contribution in [3.63, 3.8) is 0 Å². The van der Waals surface area contributed by atoms with Crippen LogP contribution in [0, 0.1) is 6.92 Å². The van der Waals surface area contributed by atoms with E-state index < -0.39 is 6.43 Å². The van der Waals surface area contributed by atoms with Gasteiger partial charge in [-0.25, -0.2) is 18.3 Å². The van der Waals surface area contributed by atoms with Crippen LogP contribution in [0.1, 0.15) is 84.5 Å². The van der Waals surface area contributed by atoms with Crippen molar-refractivity contribution in [3.8, 4) is 0 Å². The van der Waals surface area contributed by atoms with Gasteiger partial charge in [0.1, 0.15) is 12.0 Å². The maximum absolute atomic E-state index is 13.7. The number of halogens is 2. The predicted octanol–water partition coefficient (Wildman–Crippen LogP) is 4.27. The van der Waals surface area contributed by atoms with Crippen LogP contribution in [-0.2, 0) is 6.42 Å². The van der Waals surface area contributed by atoms with Crippen LogP contribution in [0.5, 0.6) is 0 Å². The minimum Gasteiger partial charge on any atom is -0.332 e. The fourth-order valence-electron chi connectivity index (χ4n) is 5.44. The van der Waals surface area contributed by atoms with Crippen LogP contribution in [0.2, 0.25) is 0 Å². The molecule has 0 radical (unpaired) electrons. The van der Waals surface area contributed by atoms with E-state index in [0.717, 1.165) is 49.9 Å². The van der Waals surface area contributed by atoms with Gasteiger partial charge in [0.25, 0.3) is 18.1 Å². The highest BCUT2D eigenvalue weighted by atomic mass is 19.3. The largest absolute Gasteiger partial charge is 0.332 e. The maximum Gasteiger partial charge on any atom is 0.280 e. The summed E-state index contributed by atoms with van der Waals surface area (Å²) in [5.74, 6) is 0.0771. The molecule has 3 aromatic heterocycles. The number of nitrogens with zero attached hydrogens (tertiary/aromatic N) is 6. The third kappa shape index (κ3) is 3.53. The minimum absolute atomic E-state index is 0.00280. The van der Waals surface area contributed by atoms with E-state index in [1.807, 2.05) is 24.0 Å². The molecule has 3 atom stereocenters. The van der Waals surface area contributed by atoms with Crippen molar-refractivity contribution in [2.45, 2.75) is 76.8 Å². The van der Waals surface area contributed by atoms with Gasteiger partial charge < -0.3 is 4.90 Å². The number of alkyl halides is 2. The van der Waals surface area contributed by atoms with Gasteiger partial charge in [-0.2, -0.15) is 10.1 Å². The van der Waals surface area contributed by atoms with Crippen molar-refractivity contribution < 1.29 is 13.6 Å². The van der Waals surface area contributed by atoms with Gasteiger partial charge in [-0.1, -0.05) is 13.3 Å². The first kappa shape index (κ1) is 20.9. The van der Waals surface area contributed by atoms with E-state index in [1.165, 1.54) is 12.4 Å².